The van der Waals surface area contributed by atoms with E-state index in [-0.39, 0.29) is 0 Å². The first-order valence-corrected chi connectivity index (χ1v) is 4.62. The van der Waals surface area contributed by atoms with Crippen LogP contribution in [0.1, 0.15) is 0 Å². The molecule has 0 aliphatic carbocycles. The van der Waals surface area contributed by atoms with Crippen LogP contribution in [-0.4, -0.2) is 43.3 Å². The van der Waals surface area contributed by atoms with Gasteiger partial charge in [-0.3, -0.25) is 0 Å². The number of nitrogens with zero attached hydrogens (tertiary/aromatic N) is 3. The number of methoxy groups -OCH3 is 1. The monoisotopic (exact) mass is 194 g/mol. The molecule has 2 heterocycles. The van der Waals surface area contributed by atoms with Crippen molar-refractivity contribution in [2.75, 3.05) is 37.5 Å². The highest BCUT2D eigenvalue weighted by atomic mass is 16.5. The van der Waals surface area contributed by atoms with Crippen molar-refractivity contribution < 1.29 is 4.74 Å². The Bertz CT molecular complexity index is 311. The molecular weight excluding hydrogens is 180 g/mol. The predicted molar refractivity (Wildman–Crippen MR) is 54.6 cm³/mol. The number of hydrogen-bond acceptors (Lipinski definition) is 5. The lowest BCUT2D eigenvalue weighted by Gasteiger charge is -2.38. The molecule has 5 nitrogen and oxygen atoms in total. The molecule has 0 saturated carbocycles. The second-order valence-electron chi connectivity index (χ2n) is 3.25. The molecule has 14 heavy (non-hydrogen) atoms. The van der Waals surface area contributed by atoms with Gasteiger partial charge in [0.05, 0.1) is 6.10 Å². The van der Waals surface area contributed by atoms with Crippen LogP contribution in [0.25, 0.3) is 0 Å². The summed E-state index contributed by atoms with van der Waals surface area (Å²) in [5.74, 6) is 1.61. The Hall–Kier alpha value is -1.36. The number of rotatable bonds is 3. The van der Waals surface area contributed by atoms with Crippen molar-refractivity contribution in [3.8, 4) is 0 Å². The lowest BCUT2D eigenvalue weighted by atomic mass is 10.2. The van der Waals surface area contributed by atoms with Gasteiger partial charge in [-0.25, -0.2) is 4.98 Å². The minimum absolute atomic E-state index is 0.350. The Kier molecular flexibility index (Phi) is 2.49. The molecule has 1 saturated heterocycles. The molecule has 0 bridgehead atoms. The van der Waals surface area contributed by atoms with Crippen LogP contribution in [0.2, 0.25) is 0 Å². The van der Waals surface area contributed by atoms with Gasteiger partial charge in [-0.05, 0) is 6.07 Å². The quantitative estimate of drug-likeness (QED) is 0.752. The van der Waals surface area contributed by atoms with Crippen LogP contribution < -0.4 is 10.2 Å². The van der Waals surface area contributed by atoms with E-state index in [0.29, 0.717) is 12.1 Å². The van der Waals surface area contributed by atoms with Crippen LogP contribution in [0.15, 0.2) is 12.3 Å². The van der Waals surface area contributed by atoms with E-state index in [2.05, 4.69) is 20.2 Å². The second-order valence-corrected chi connectivity index (χ2v) is 3.25. The molecule has 2 rings (SSSR count). The summed E-state index contributed by atoms with van der Waals surface area (Å²) >= 11 is 0. The number of anilines is 2. The summed E-state index contributed by atoms with van der Waals surface area (Å²) in [4.78, 5) is 10.6. The summed E-state index contributed by atoms with van der Waals surface area (Å²) in [7, 11) is 3.55. The fraction of sp³-hybridized carbons (Fsp3) is 0.556. The maximum Gasteiger partial charge on any atom is 0.224 e. The van der Waals surface area contributed by atoms with Gasteiger partial charge >= 0.3 is 0 Å². The highest BCUT2D eigenvalue weighted by Crippen LogP contribution is 2.19. The Labute approximate surface area is 83.1 Å². The first-order valence-electron chi connectivity index (χ1n) is 4.62. The lowest BCUT2D eigenvalue weighted by molar-refractivity contribution is 0.0783. The molecule has 1 aliphatic rings. The minimum Gasteiger partial charge on any atom is -0.378 e. The first kappa shape index (κ1) is 9.21. The molecule has 76 valence electrons. The Balaban J connectivity index is 2.03. The zero-order valence-electron chi connectivity index (χ0n) is 8.40. The summed E-state index contributed by atoms with van der Waals surface area (Å²) in [6.45, 7) is 1.83. The summed E-state index contributed by atoms with van der Waals surface area (Å²) < 4.78 is 5.19. The predicted octanol–water partition coefficient (Wildman–Crippen LogP) is 0.353. The second kappa shape index (κ2) is 3.79. The van der Waals surface area contributed by atoms with E-state index in [0.717, 1.165) is 18.9 Å². The zero-order chi connectivity index (χ0) is 9.97. The van der Waals surface area contributed by atoms with Gasteiger partial charge in [0.2, 0.25) is 5.95 Å². The van der Waals surface area contributed by atoms with Crippen LogP contribution in [0.4, 0.5) is 11.8 Å². The molecular formula is C9H14N4O. The molecule has 1 N–H and O–H groups in total. The SMILES string of the molecule is CNc1nccc(N2CC(OC)C2)n1. The molecule has 5 heteroatoms. The van der Waals surface area contributed by atoms with Crippen LogP contribution in [0.3, 0.4) is 0 Å². The normalized spacial score (nSPS) is 16.6. The van der Waals surface area contributed by atoms with Crippen molar-refractivity contribution in [1.82, 2.24) is 9.97 Å². The smallest absolute Gasteiger partial charge is 0.224 e. The molecule has 1 aliphatic heterocycles. The van der Waals surface area contributed by atoms with Crippen molar-refractivity contribution in [2.45, 2.75) is 6.10 Å². The maximum absolute atomic E-state index is 5.19. The summed E-state index contributed by atoms with van der Waals surface area (Å²) in [6.07, 6.45) is 2.11. The zero-order valence-corrected chi connectivity index (χ0v) is 8.40. The van der Waals surface area contributed by atoms with Gasteiger partial charge in [-0.1, -0.05) is 0 Å². The highest BCUT2D eigenvalue weighted by Gasteiger charge is 2.27. The molecule has 0 atom stereocenters. The van der Waals surface area contributed by atoms with Gasteiger partial charge in [-0.15, -0.1) is 0 Å². The molecule has 1 aromatic heterocycles. The molecule has 1 fully saturated rings. The van der Waals surface area contributed by atoms with Gasteiger partial charge in [0.25, 0.3) is 0 Å². The van der Waals surface area contributed by atoms with E-state index >= 15 is 0 Å². The van der Waals surface area contributed by atoms with E-state index in [4.69, 9.17) is 4.74 Å². The van der Waals surface area contributed by atoms with Gasteiger partial charge in [0, 0.05) is 33.4 Å². The Morgan fingerprint density at radius 2 is 2.36 bits per heavy atom. The third-order valence-corrected chi connectivity index (χ3v) is 2.37. The molecule has 0 spiro atoms. The molecule has 0 radical (unpaired) electrons. The van der Waals surface area contributed by atoms with E-state index < -0.39 is 0 Å². The summed E-state index contributed by atoms with van der Waals surface area (Å²) in [5, 5.41) is 2.92. The average Bonchev–Trinajstić information content (AvgIpc) is 2.17. The summed E-state index contributed by atoms with van der Waals surface area (Å²) in [5.41, 5.74) is 0. The number of ether oxygens (including phenoxy) is 1. The van der Waals surface area contributed by atoms with Crippen LogP contribution >= 0.6 is 0 Å². The fourth-order valence-electron chi connectivity index (χ4n) is 1.42. The lowest BCUT2D eigenvalue weighted by Crippen LogP contribution is -2.52. The largest absolute Gasteiger partial charge is 0.378 e. The van der Waals surface area contributed by atoms with Crippen molar-refractivity contribution in [3.63, 3.8) is 0 Å². The molecule has 0 aromatic carbocycles. The van der Waals surface area contributed by atoms with Crippen molar-refractivity contribution in [3.05, 3.63) is 12.3 Å². The number of hydrogen-bond donors (Lipinski definition) is 1. The van der Waals surface area contributed by atoms with E-state index in [9.17, 15) is 0 Å². The van der Waals surface area contributed by atoms with Crippen molar-refractivity contribution in [1.29, 1.82) is 0 Å². The average molecular weight is 194 g/mol. The molecule has 1 aromatic rings. The summed E-state index contributed by atoms with van der Waals surface area (Å²) in [6, 6.07) is 1.91. The standard InChI is InChI=1S/C9H14N4O/c1-10-9-11-4-3-8(12-9)13-5-7(6-13)14-2/h3-4,7H,5-6H2,1-2H3,(H,10,11,12). The Morgan fingerprint density at radius 3 is 3.00 bits per heavy atom. The van der Waals surface area contributed by atoms with Crippen LogP contribution in [0, 0.1) is 0 Å². The van der Waals surface area contributed by atoms with Crippen molar-refractivity contribution >= 4 is 11.8 Å². The van der Waals surface area contributed by atoms with E-state index in [1.165, 1.54) is 0 Å². The van der Waals surface area contributed by atoms with E-state index in [1.807, 2.05) is 13.1 Å². The van der Waals surface area contributed by atoms with Crippen LogP contribution in [0.5, 0.6) is 0 Å². The molecule has 0 amide bonds. The number of aromatic nitrogens is 2. The van der Waals surface area contributed by atoms with Gasteiger partial charge < -0.3 is 15.0 Å². The van der Waals surface area contributed by atoms with Gasteiger partial charge in [0.1, 0.15) is 5.82 Å². The third kappa shape index (κ3) is 1.63. The molecule has 0 unspecified atom stereocenters. The maximum atomic E-state index is 5.19. The topological polar surface area (TPSA) is 50.3 Å². The first-order chi connectivity index (χ1) is 6.83. The van der Waals surface area contributed by atoms with Gasteiger partial charge in [0.15, 0.2) is 0 Å². The minimum atomic E-state index is 0.350. The third-order valence-electron chi connectivity index (χ3n) is 2.37. The number of nitrogens with one attached hydrogen (secondary N) is 1. The fourth-order valence-corrected chi connectivity index (χ4v) is 1.42. The highest BCUT2D eigenvalue weighted by molar-refractivity contribution is 5.45. The van der Waals surface area contributed by atoms with Crippen molar-refractivity contribution in [2.24, 2.45) is 0 Å². The Morgan fingerprint density at radius 1 is 1.57 bits per heavy atom. The van der Waals surface area contributed by atoms with E-state index in [1.54, 1.807) is 13.3 Å². The van der Waals surface area contributed by atoms with Crippen LogP contribution in [-0.2, 0) is 4.74 Å². The van der Waals surface area contributed by atoms with Gasteiger partial charge in [-0.2, -0.15) is 4.98 Å².